The minimum Gasteiger partial charge on any atom is -0.423 e. The van der Waals surface area contributed by atoms with Gasteiger partial charge in [0, 0.05) is 43.5 Å². The third kappa shape index (κ3) is 7.31. The van der Waals surface area contributed by atoms with E-state index in [1.807, 2.05) is 0 Å². The zero-order valence-corrected chi connectivity index (χ0v) is 25.1. The first kappa shape index (κ1) is 30.8. The zero-order valence-electron chi connectivity index (χ0n) is 23.5. The minimum atomic E-state index is -3.78. The van der Waals surface area contributed by atoms with Gasteiger partial charge in [-0.2, -0.15) is 8.61 Å². The van der Waals surface area contributed by atoms with Crippen LogP contribution >= 0.6 is 0 Å². The summed E-state index contributed by atoms with van der Waals surface area (Å²) in [4.78, 5) is 26.0. The van der Waals surface area contributed by atoms with Gasteiger partial charge in [-0.25, -0.2) is 21.6 Å². The predicted molar refractivity (Wildman–Crippen MR) is 159 cm³/mol. The number of carbonyl (C=O) groups excluding carboxylic acids is 2. The Morgan fingerprint density at radius 2 is 1.23 bits per heavy atom. The first-order valence-electron chi connectivity index (χ1n) is 14.1. The Morgan fingerprint density at radius 3 is 1.88 bits per heavy atom. The Hall–Kier alpha value is -3.62. The van der Waals surface area contributed by atoms with Gasteiger partial charge in [-0.3, -0.25) is 4.79 Å². The Bertz CT molecular complexity index is 1700. The van der Waals surface area contributed by atoms with Crippen LogP contribution in [0, 0.1) is 0 Å². The molecule has 0 saturated carbocycles. The highest BCUT2D eigenvalue weighted by atomic mass is 32.2. The van der Waals surface area contributed by atoms with Gasteiger partial charge in [-0.05, 0) is 61.4 Å². The maximum Gasteiger partial charge on any atom is 0.343 e. The molecule has 0 unspecified atom stereocenters. The second-order valence-electron chi connectivity index (χ2n) is 10.3. The van der Waals surface area contributed by atoms with Crippen LogP contribution in [0.1, 0.15) is 46.4 Å². The fourth-order valence-corrected chi connectivity index (χ4v) is 7.97. The van der Waals surface area contributed by atoms with Gasteiger partial charge in [0.1, 0.15) is 5.75 Å². The van der Waals surface area contributed by atoms with Gasteiger partial charge in [0.25, 0.3) is 5.91 Å². The van der Waals surface area contributed by atoms with Gasteiger partial charge in [-0.15, -0.1) is 0 Å². The van der Waals surface area contributed by atoms with Gasteiger partial charge in [0.05, 0.1) is 28.6 Å². The van der Waals surface area contributed by atoms with E-state index in [9.17, 15) is 26.4 Å². The molecule has 1 amide bonds. The summed E-state index contributed by atoms with van der Waals surface area (Å²) in [5.74, 6) is -1.17. The van der Waals surface area contributed by atoms with Gasteiger partial charge in [0.15, 0.2) is 0 Å². The molecule has 0 radical (unpaired) electrons. The number of esters is 1. The zero-order chi connectivity index (χ0) is 30.5. The number of sulfonamides is 2. The van der Waals surface area contributed by atoms with E-state index in [1.54, 1.807) is 12.1 Å². The standard InChI is InChI=1S/C30H33N3O8S2/c34-29(23-8-5-12-27(20-23)43(38,39)33-16-18-40-19-17-33)31-25-10-7-11-26(22-25)41-30(35)24-9-6-13-28(21-24)42(36,37)32-14-3-1-2-4-15-32/h5-13,20-22H,1-4,14-19H2,(H,31,34). The van der Waals surface area contributed by atoms with Crippen LogP contribution in [0.5, 0.6) is 5.75 Å². The lowest BCUT2D eigenvalue weighted by Crippen LogP contribution is -2.40. The molecular weight excluding hydrogens is 594 g/mol. The van der Waals surface area contributed by atoms with E-state index in [0.717, 1.165) is 25.7 Å². The molecule has 43 heavy (non-hydrogen) atoms. The third-order valence-corrected chi connectivity index (χ3v) is 11.1. The molecule has 3 aromatic carbocycles. The van der Waals surface area contributed by atoms with Crippen molar-refractivity contribution in [3.63, 3.8) is 0 Å². The van der Waals surface area contributed by atoms with Crippen LogP contribution < -0.4 is 10.1 Å². The fourth-order valence-electron chi connectivity index (χ4n) is 4.96. The summed E-state index contributed by atoms with van der Waals surface area (Å²) in [5.41, 5.74) is 0.525. The van der Waals surface area contributed by atoms with E-state index in [2.05, 4.69) is 5.32 Å². The quantitative estimate of drug-likeness (QED) is 0.294. The van der Waals surface area contributed by atoms with E-state index in [-0.39, 0.29) is 39.8 Å². The molecule has 228 valence electrons. The first-order chi connectivity index (χ1) is 20.6. The Morgan fingerprint density at radius 1 is 0.674 bits per heavy atom. The average molecular weight is 628 g/mol. The summed E-state index contributed by atoms with van der Waals surface area (Å²) >= 11 is 0. The highest BCUT2D eigenvalue weighted by Gasteiger charge is 2.28. The Kier molecular flexibility index (Phi) is 9.57. The molecule has 13 heteroatoms. The van der Waals surface area contributed by atoms with Crippen molar-refractivity contribution in [1.29, 1.82) is 0 Å². The van der Waals surface area contributed by atoms with Gasteiger partial charge in [0.2, 0.25) is 20.0 Å². The van der Waals surface area contributed by atoms with E-state index in [1.165, 1.54) is 69.3 Å². The monoisotopic (exact) mass is 627 g/mol. The SMILES string of the molecule is O=C(Nc1cccc(OC(=O)c2cccc(S(=O)(=O)N3CCCCCC3)c2)c1)c1cccc(S(=O)(=O)N2CCOCC2)c1. The van der Waals surface area contributed by atoms with Crippen molar-refractivity contribution < 1.29 is 35.9 Å². The first-order valence-corrected chi connectivity index (χ1v) is 16.9. The molecule has 3 aromatic rings. The van der Waals surface area contributed by atoms with Crippen molar-refractivity contribution in [3.05, 3.63) is 83.9 Å². The lowest BCUT2D eigenvalue weighted by atomic mass is 10.2. The van der Waals surface area contributed by atoms with Gasteiger partial charge >= 0.3 is 5.97 Å². The molecule has 0 aromatic heterocycles. The summed E-state index contributed by atoms with van der Waals surface area (Å²) in [6.45, 7) is 1.99. The van der Waals surface area contributed by atoms with Crippen molar-refractivity contribution in [2.24, 2.45) is 0 Å². The van der Waals surface area contributed by atoms with Crippen LogP contribution in [0.15, 0.2) is 82.6 Å². The van der Waals surface area contributed by atoms with E-state index in [4.69, 9.17) is 9.47 Å². The summed E-state index contributed by atoms with van der Waals surface area (Å²) in [6, 6.07) is 17.7. The molecule has 2 fully saturated rings. The number of benzene rings is 3. The van der Waals surface area contributed by atoms with Gasteiger partial charge < -0.3 is 14.8 Å². The van der Waals surface area contributed by atoms with E-state index >= 15 is 0 Å². The maximum absolute atomic E-state index is 13.2. The number of rotatable bonds is 8. The van der Waals surface area contributed by atoms with Crippen LogP contribution in [0.3, 0.4) is 0 Å². The van der Waals surface area contributed by atoms with E-state index in [0.29, 0.717) is 32.0 Å². The molecule has 2 heterocycles. The molecular formula is C30H33N3O8S2. The van der Waals surface area contributed by atoms with Crippen molar-refractivity contribution >= 4 is 37.6 Å². The van der Waals surface area contributed by atoms with Crippen molar-refractivity contribution in [2.75, 3.05) is 44.7 Å². The van der Waals surface area contributed by atoms with Gasteiger partial charge in [-0.1, -0.05) is 31.0 Å². The number of hydrogen-bond donors (Lipinski definition) is 1. The Balaban J connectivity index is 1.27. The number of nitrogens with one attached hydrogen (secondary N) is 1. The lowest BCUT2D eigenvalue weighted by Gasteiger charge is -2.26. The van der Waals surface area contributed by atoms with Crippen molar-refractivity contribution in [3.8, 4) is 5.75 Å². The Labute approximate surface area is 251 Å². The number of hydrogen-bond acceptors (Lipinski definition) is 8. The van der Waals surface area contributed by atoms with Crippen LogP contribution in [-0.4, -0.2) is 76.7 Å². The number of amides is 1. The second-order valence-corrected chi connectivity index (χ2v) is 14.1. The molecule has 1 N–H and O–H groups in total. The molecule has 0 atom stereocenters. The molecule has 0 spiro atoms. The molecule has 0 aliphatic carbocycles. The number of morpholine rings is 1. The highest BCUT2D eigenvalue weighted by Crippen LogP contribution is 2.24. The second kappa shape index (κ2) is 13.3. The normalized spacial score (nSPS) is 17.1. The molecule has 2 saturated heterocycles. The molecule has 5 rings (SSSR count). The van der Waals surface area contributed by atoms with Crippen LogP contribution in [0.4, 0.5) is 5.69 Å². The summed E-state index contributed by atoms with van der Waals surface area (Å²) in [5, 5.41) is 2.70. The number of nitrogens with zero attached hydrogens (tertiary/aromatic N) is 2. The molecule has 2 aliphatic rings. The summed E-state index contributed by atoms with van der Waals surface area (Å²) < 4.78 is 65.9. The molecule has 11 nitrogen and oxygen atoms in total. The molecule has 2 aliphatic heterocycles. The predicted octanol–water partition coefficient (Wildman–Crippen LogP) is 3.74. The van der Waals surface area contributed by atoms with Crippen LogP contribution in [0.25, 0.3) is 0 Å². The summed E-state index contributed by atoms with van der Waals surface area (Å²) in [6.07, 6.45) is 3.57. The number of anilines is 1. The third-order valence-electron chi connectivity index (χ3n) is 7.28. The maximum atomic E-state index is 13.2. The smallest absolute Gasteiger partial charge is 0.343 e. The van der Waals surface area contributed by atoms with Crippen molar-refractivity contribution in [2.45, 2.75) is 35.5 Å². The summed E-state index contributed by atoms with van der Waals surface area (Å²) in [7, 11) is -7.53. The van der Waals surface area contributed by atoms with Crippen LogP contribution in [-0.2, 0) is 24.8 Å². The number of carbonyl (C=O) groups is 2. The highest BCUT2D eigenvalue weighted by molar-refractivity contribution is 7.89. The number of ether oxygens (including phenoxy) is 2. The lowest BCUT2D eigenvalue weighted by molar-refractivity contribution is 0.0730. The van der Waals surface area contributed by atoms with Crippen molar-refractivity contribution in [1.82, 2.24) is 8.61 Å². The van der Waals surface area contributed by atoms with Crippen LogP contribution in [0.2, 0.25) is 0 Å². The van der Waals surface area contributed by atoms with E-state index < -0.39 is 31.9 Å². The average Bonchev–Trinajstić information content (AvgIpc) is 3.32. The largest absolute Gasteiger partial charge is 0.423 e. The molecule has 0 bridgehead atoms. The minimum absolute atomic E-state index is 0.00446. The topological polar surface area (TPSA) is 139 Å². The fraction of sp³-hybridized carbons (Fsp3) is 0.333.